The summed E-state index contributed by atoms with van der Waals surface area (Å²) in [7, 11) is 0. The van der Waals surface area contributed by atoms with Gasteiger partial charge in [0.05, 0.1) is 13.3 Å². The maximum Gasteiger partial charge on any atom is 0.130 e. The van der Waals surface area contributed by atoms with Crippen molar-refractivity contribution in [2.45, 2.75) is 32.3 Å². The molecule has 2 aliphatic heterocycles. The minimum Gasteiger partial charge on any atom is -0.508 e. The van der Waals surface area contributed by atoms with Crippen LogP contribution < -0.4 is 9.47 Å². The number of aryl methyl sites for hydroxylation is 1. The summed E-state index contributed by atoms with van der Waals surface area (Å²) in [5.41, 5.74) is 6.38. The summed E-state index contributed by atoms with van der Waals surface area (Å²) in [5, 5.41) is 10.8. The van der Waals surface area contributed by atoms with Crippen molar-refractivity contribution in [3.8, 4) is 17.2 Å². The van der Waals surface area contributed by atoms with Crippen LogP contribution in [-0.4, -0.2) is 49.0 Å². The van der Waals surface area contributed by atoms with Crippen molar-refractivity contribution in [1.82, 2.24) is 4.90 Å². The average molecular weight is 508 g/mol. The summed E-state index contributed by atoms with van der Waals surface area (Å²) >= 11 is 6.32. The van der Waals surface area contributed by atoms with Gasteiger partial charge < -0.3 is 14.6 Å². The van der Waals surface area contributed by atoms with E-state index in [-0.39, 0.29) is 18.5 Å². The van der Waals surface area contributed by atoms with Crippen LogP contribution in [0.5, 0.6) is 17.2 Å². The number of halogens is 2. The first kappa shape index (κ1) is 24.7. The number of nitrogens with zero attached hydrogens (tertiary/aromatic N) is 1. The molecule has 5 rings (SSSR count). The van der Waals surface area contributed by atoms with Crippen LogP contribution >= 0.6 is 11.6 Å². The number of aromatic hydroxyl groups is 1. The molecule has 0 bridgehead atoms. The minimum atomic E-state index is -0.273. The van der Waals surface area contributed by atoms with Crippen LogP contribution in [0.25, 0.3) is 11.1 Å². The highest BCUT2D eigenvalue weighted by Gasteiger charge is 2.25. The third-order valence-electron chi connectivity index (χ3n) is 6.94. The Hall–Kier alpha value is -3.02. The number of fused-ring (bicyclic) bond motifs is 1. The number of phenolic OH excluding ortho intramolecular Hbond substituents is 1. The Balaban J connectivity index is 1.48. The molecule has 0 amide bonds. The Labute approximate surface area is 216 Å². The Bertz CT molecular complexity index is 1260. The zero-order valence-corrected chi connectivity index (χ0v) is 21.2. The Morgan fingerprint density at radius 1 is 1.08 bits per heavy atom. The second kappa shape index (κ2) is 10.9. The zero-order valence-electron chi connectivity index (χ0n) is 20.5. The maximum absolute atomic E-state index is 12.5. The summed E-state index contributed by atoms with van der Waals surface area (Å²) in [6.07, 6.45) is 2.38. The lowest BCUT2D eigenvalue weighted by Crippen LogP contribution is -2.26. The molecule has 1 fully saturated rings. The van der Waals surface area contributed by atoms with Crippen LogP contribution in [-0.2, 0) is 0 Å². The van der Waals surface area contributed by atoms with Crippen molar-refractivity contribution in [2.24, 2.45) is 0 Å². The SMILES string of the molecule is Cc1cc(C2=C(c3ccc(OC4CCN(CCCF)C4)cc3)c3ccc(O)cc3OCC2)ccc1Cl. The molecule has 36 heavy (non-hydrogen) atoms. The number of likely N-dealkylation sites (tertiary alicyclic amines) is 1. The van der Waals surface area contributed by atoms with Crippen molar-refractivity contribution < 1.29 is 19.0 Å². The molecule has 0 radical (unpaired) electrons. The van der Waals surface area contributed by atoms with E-state index in [0.717, 1.165) is 71.1 Å². The average Bonchev–Trinajstić information content (AvgIpc) is 3.23. The van der Waals surface area contributed by atoms with Gasteiger partial charge in [-0.3, -0.25) is 9.29 Å². The van der Waals surface area contributed by atoms with E-state index in [1.165, 1.54) is 5.57 Å². The molecule has 4 nitrogen and oxygen atoms in total. The van der Waals surface area contributed by atoms with Crippen LogP contribution in [0.1, 0.15) is 41.5 Å². The van der Waals surface area contributed by atoms with Gasteiger partial charge in [0.25, 0.3) is 0 Å². The number of phenols is 1. The molecule has 0 aliphatic carbocycles. The van der Waals surface area contributed by atoms with Gasteiger partial charge in [0.15, 0.2) is 0 Å². The number of benzene rings is 3. The van der Waals surface area contributed by atoms with E-state index in [0.29, 0.717) is 18.8 Å². The zero-order chi connectivity index (χ0) is 25.1. The van der Waals surface area contributed by atoms with Gasteiger partial charge in [0, 0.05) is 42.7 Å². The van der Waals surface area contributed by atoms with E-state index in [1.807, 2.05) is 31.2 Å². The van der Waals surface area contributed by atoms with Crippen LogP contribution in [0, 0.1) is 6.92 Å². The summed E-state index contributed by atoms with van der Waals surface area (Å²) in [5.74, 6) is 1.68. The van der Waals surface area contributed by atoms with E-state index in [2.05, 4.69) is 29.2 Å². The lowest BCUT2D eigenvalue weighted by atomic mass is 9.87. The molecular weight excluding hydrogens is 477 g/mol. The molecule has 2 aliphatic rings. The van der Waals surface area contributed by atoms with Crippen LogP contribution in [0.15, 0.2) is 60.7 Å². The third kappa shape index (κ3) is 5.37. The molecule has 0 saturated carbocycles. The summed E-state index contributed by atoms with van der Waals surface area (Å²) in [6, 6.07) is 19.6. The topological polar surface area (TPSA) is 41.9 Å². The molecule has 3 aromatic carbocycles. The molecule has 1 atom stereocenters. The van der Waals surface area contributed by atoms with Crippen LogP contribution in [0.3, 0.4) is 0 Å². The molecule has 6 heteroatoms. The predicted molar refractivity (Wildman–Crippen MR) is 143 cm³/mol. The summed E-state index contributed by atoms with van der Waals surface area (Å²) < 4.78 is 24.8. The van der Waals surface area contributed by atoms with Crippen LogP contribution in [0.4, 0.5) is 4.39 Å². The lowest BCUT2D eigenvalue weighted by molar-refractivity contribution is 0.198. The second-order valence-corrected chi connectivity index (χ2v) is 9.90. The first-order chi connectivity index (χ1) is 17.5. The fourth-order valence-corrected chi connectivity index (χ4v) is 5.23. The van der Waals surface area contributed by atoms with Gasteiger partial charge in [-0.15, -0.1) is 0 Å². The standard InChI is InChI=1S/C30H31ClFNO3/c1-20-17-22(5-10-28(20)31)26-12-16-35-29-18-23(34)6-9-27(29)30(26)21-3-7-24(8-4-21)36-25-11-15-33(19-25)14-2-13-32/h3-10,17-18,25,34H,2,11-16,19H2,1H3. The quantitative estimate of drug-likeness (QED) is 0.377. The minimum absolute atomic E-state index is 0.122. The maximum atomic E-state index is 12.5. The van der Waals surface area contributed by atoms with Crippen molar-refractivity contribution in [3.05, 3.63) is 87.9 Å². The van der Waals surface area contributed by atoms with Crippen molar-refractivity contribution in [1.29, 1.82) is 0 Å². The number of ether oxygens (including phenoxy) is 2. The third-order valence-corrected chi connectivity index (χ3v) is 7.36. The summed E-state index contributed by atoms with van der Waals surface area (Å²) in [6.45, 7) is 4.82. The highest BCUT2D eigenvalue weighted by atomic mass is 35.5. The van der Waals surface area contributed by atoms with Crippen molar-refractivity contribution >= 4 is 22.7 Å². The summed E-state index contributed by atoms with van der Waals surface area (Å²) in [4.78, 5) is 2.27. The van der Waals surface area contributed by atoms with Crippen molar-refractivity contribution in [3.63, 3.8) is 0 Å². The second-order valence-electron chi connectivity index (χ2n) is 9.49. The van der Waals surface area contributed by atoms with Gasteiger partial charge in [-0.2, -0.15) is 0 Å². The fraction of sp³-hybridized carbons (Fsp3) is 0.333. The number of hydrogen-bond acceptors (Lipinski definition) is 4. The molecule has 188 valence electrons. The monoisotopic (exact) mass is 507 g/mol. The van der Waals surface area contributed by atoms with Crippen molar-refractivity contribution in [2.75, 3.05) is 32.9 Å². The number of hydrogen-bond donors (Lipinski definition) is 1. The molecule has 1 unspecified atom stereocenters. The lowest BCUT2D eigenvalue weighted by Gasteiger charge is -2.18. The smallest absolute Gasteiger partial charge is 0.130 e. The predicted octanol–water partition coefficient (Wildman–Crippen LogP) is 6.91. The molecule has 0 spiro atoms. The van der Waals surface area contributed by atoms with E-state index in [1.54, 1.807) is 12.1 Å². The van der Waals surface area contributed by atoms with Gasteiger partial charge in [0.2, 0.25) is 0 Å². The van der Waals surface area contributed by atoms with Gasteiger partial charge in [0.1, 0.15) is 23.4 Å². The van der Waals surface area contributed by atoms with Gasteiger partial charge in [-0.1, -0.05) is 35.9 Å². The highest BCUT2D eigenvalue weighted by Crippen LogP contribution is 2.42. The Morgan fingerprint density at radius 2 is 1.89 bits per heavy atom. The van der Waals surface area contributed by atoms with E-state index in [9.17, 15) is 9.50 Å². The number of alkyl halides is 1. The molecule has 1 N–H and O–H groups in total. The fourth-order valence-electron chi connectivity index (χ4n) is 5.11. The first-order valence-corrected chi connectivity index (χ1v) is 12.9. The van der Waals surface area contributed by atoms with Gasteiger partial charge in [-0.25, -0.2) is 0 Å². The largest absolute Gasteiger partial charge is 0.508 e. The number of rotatable bonds is 7. The molecule has 1 saturated heterocycles. The Kier molecular flexibility index (Phi) is 7.49. The Morgan fingerprint density at radius 3 is 2.67 bits per heavy atom. The van der Waals surface area contributed by atoms with Gasteiger partial charge >= 0.3 is 0 Å². The molecule has 3 aromatic rings. The first-order valence-electron chi connectivity index (χ1n) is 12.5. The molecule has 2 heterocycles. The van der Waals surface area contributed by atoms with E-state index >= 15 is 0 Å². The molecule has 0 aromatic heterocycles. The normalized spacial score (nSPS) is 18.0. The highest BCUT2D eigenvalue weighted by molar-refractivity contribution is 6.31. The van der Waals surface area contributed by atoms with E-state index in [4.69, 9.17) is 21.1 Å². The van der Waals surface area contributed by atoms with Crippen LogP contribution in [0.2, 0.25) is 5.02 Å². The van der Waals surface area contributed by atoms with Gasteiger partial charge in [-0.05, 0) is 77.9 Å². The molecular formula is C30H31ClFNO3. The van der Waals surface area contributed by atoms with E-state index < -0.39 is 0 Å².